The second-order valence-electron chi connectivity index (χ2n) is 8.45. The van der Waals surface area contributed by atoms with Gasteiger partial charge in [-0.2, -0.15) is 0 Å². The van der Waals surface area contributed by atoms with Crippen molar-refractivity contribution < 1.29 is 9.59 Å². The van der Waals surface area contributed by atoms with Gasteiger partial charge in [-0.15, -0.1) is 0 Å². The van der Waals surface area contributed by atoms with Crippen molar-refractivity contribution in [3.8, 4) is 0 Å². The number of fused-ring (bicyclic) bond motifs is 1. The molecule has 0 spiro atoms. The van der Waals surface area contributed by atoms with E-state index in [1.54, 1.807) is 0 Å². The van der Waals surface area contributed by atoms with E-state index in [-0.39, 0.29) is 17.7 Å². The smallest absolute Gasteiger partial charge is 0.255 e. The van der Waals surface area contributed by atoms with E-state index in [1.165, 1.54) is 5.56 Å². The number of hydrogen-bond acceptors (Lipinski definition) is 2. The fourth-order valence-corrected chi connectivity index (χ4v) is 3.88. The third-order valence-corrected chi connectivity index (χ3v) is 5.93. The molecule has 0 radical (unpaired) electrons. The molecule has 160 valence electrons. The Balaban J connectivity index is 1.33. The van der Waals surface area contributed by atoms with Gasteiger partial charge in [0, 0.05) is 46.5 Å². The van der Waals surface area contributed by atoms with Crippen LogP contribution < -0.4 is 10.6 Å². The minimum Gasteiger partial charge on any atom is -0.343 e. The Hall–Kier alpha value is -3.86. The molecule has 2 amide bonds. The van der Waals surface area contributed by atoms with Gasteiger partial charge in [0.15, 0.2) is 0 Å². The van der Waals surface area contributed by atoms with Crippen molar-refractivity contribution >= 4 is 34.1 Å². The van der Waals surface area contributed by atoms with Crippen molar-refractivity contribution in [1.29, 1.82) is 0 Å². The van der Waals surface area contributed by atoms with Gasteiger partial charge in [0.05, 0.1) is 0 Å². The number of aryl methyl sites for hydroxylation is 1. The molecule has 5 heteroatoms. The average Bonchev–Trinajstić information content (AvgIpc) is 3.59. The van der Waals surface area contributed by atoms with Gasteiger partial charge in [-0.3, -0.25) is 9.59 Å². The highest BCUT2D eigenvalue weighted by Crippen LogP contribution is 2.31. The van der Waals surface area contributed by atoms with Gasteiger partial charge < -0.3 is 15.2 Å². The Bertz CT molecular complexity index is 1300. The van der Waals surface area contributed by atoms with Gasteiger partial charge in [0.25, 0.3) is 5.91 Å². The van der Waals surface area contributed by atoms with E-state index in [0.717, 1.165) is 35.9 Å². The van der Waals surface area contributed by atoms with Gasteiger partial charge in [0.1, 0.15) is 0 Å². The van der Waals surface area contributed by atoms with Crippen LogP contribution in [0, 0.1) is 12.8 Å². The molecule has 5 rings (SSSR count). The summed E-state index contributed by atoms with van der Waals surface area (Å²) >= 11 is 0. The summed E-state index contributed by atoms with van der Waals surface area (Å²) in [4.78, 5) is 25.0. The molecular weight excluding hydrogens is 398 g/mol. The van der Waals surface area contributed by atoms with Crippen LogP contribution in [0.15, 0.2) is 79.0 Å². The zero-order chi connectivity index (χ0) is 22.1. The monoisotopic (exact) mass is 423 g/mol. The van der Waals surface area contributed by atoms with Crippen LogP contribution in [-0.2, 0) is 11.3 Å². The van der Waals surface area contributed by atoms with Crippen LogP contribution in [0.25, 0.3) is 10.9 Å². The molecule has 1 saturated carbocycles. The lowest BCUT2D eigenvalue weighted by Crippen LogP contribution is -2.15. The predicted molar refractivity (Wildman–Crippen MR) is 128 cm³/mol. The molecule has 1 aromatic heterocycles. The van der Waals surface area contributed by atoms with Crippen molar-refractivity contribution in [3.63, 3.8) is 0 Å². The topological polar surface area (TPSA) is 63.1 Å². The third-order valence-electron chi connectivity index (χ3n) is 5.93. The number of rotatable bonds is 6. The lowest BCUT2D eigenvalue weighted by molar-refractivity contribution is -0.117. The van der Waals surface area contributed by atoms with Crippen LogP contribution in [0.2, 0.25) is 0 Å². The van der Waals surface area contributed by atoms with Crippen LogP contribution >= 0.6 is 0 Å². The molecule has 1 aliphatic rings. The summed E-state index contributed by atoms with van der Waals surface area (Å²) in [7, 11) is 0. The van der Waals surface area contributed by atoms with Crippen LogP contribution in [0.3, 0.4) is 0 Å². The summed E-state index contributed by atoms with van der Waals surface area (Å²) in [5.41, 5.74) is 5.27. The molecule has 1 heterocycles. The maximum Gasteiger partial charge on any atom is 0.255 e. The van der Waals surface area contributed by atoms with Gasteiger partial charge in [-0.25, -0.2) is 0 Å². The van der Waals surface area contributed by atoms with Crippen molar-refractivity contribution in [3.05, 3.63) is 95.7 Å². The molecule has 4 aromatic rings. The number of hydrogen-bond donors (Lipinski definition) is 2. The Morgan fingerprint density at radius 1 is 0.938 bits per heavy atom. The van der Waals surface area contributed by atoms with Crippen molar-refractivity contribution in [2.45, 2.75) is 26.3 Å². The van der Waals surface area contributed by atoms with Gasteiger partial charge in [0.2, 0.25) is 5.91 Å². The Labute approximate surface area is 187 Å². The highest BCUT2D eigenvalue weighted by molar-refractivity contribution is 6.07. The largest absolute Gasteiger partial charge is 0.343 e. The summed E-state index contributed by atoms with van der Waals surface area (Å²) in [5.74, 6) is 0.0170. The zero-order valence-corrected chi connectivity index (χ0v) is 18.0. The first-order valence-electron chi connectivity index (χ1n) is 10.9. The maximum atomic E-state index is 13.0. The number of nitrogens with zero attached hydrogens (tertiary/aromatic N) is 1. The molecule has 0 unspecified atom stereocenters. The number of aromatic nitrogens is 1. The fourth-order valence-electron chi connectivity index (χ4n) is 3.88. The summed E-state index contributed by atoms with van der Waals surface area (Å²) in [6.45, 7) is 2.73. The fraction of sp³-hybridized carbons (Fsp3) is 0.185. The number of nitrogens with one attached hydrogen (secondary N) is 2. The molecule has 0 aliphatic heterocycles. The molecule has 1 fully saturated rings. The molecule has 5 nitrogen and oxygen atoms in total. The SMILES string of the molecule is Cc1ccc(NC(=O)C2CC2)cc1NC(=O)c1ccc2c(ccn2Cc2ccccc2)c1. The highest BCUT2D eigenvalue weighted by Gasteiger charge is 2.29. The Morgan fingerprint density at radius 3 is 2.53 bits per heavy atom. The normalized spacial score (nSPS) is 13.2. The first kappa shape index (κ1) is 20.1. The number of carbonyl (C=O) groups excluding carboxylic acids is 2. The number of benzene rings is 3. The first-order chi connectivity index (χ1) is 15.6. The lowest BCUT2D eigenvalue weighted by Gasteiger charge is -2.12. The van der Waals surface area contributed by atoms with E-state index in [1.807, 2.05) is 67.6 Å². The van der Waals surface area contributed by atoms with Crippen molar-refractivity contribution in [1.82, 2.24) is 4.57 Å². The number of anilines is 2. The third kappa shape index (κ3) is 4.28. The van der Waals surface area contributed by atoms with E-state index in [9.17, 15) is 9.59 Å². The molecule has 0 bridgehead atoms. The average molecular weight is 424 g/mol. The molecule has 2 N–H and O–H groups in total. The first-order valence-corrected chi connectivity index (χ1v) is 10.9. The predicted octanol–water partition coefficient (Wildman–Crippen LogP) is 5.60. The summed E-state index contributed by atoms with van der Waals surface area (Å²) in [6.07, 6.45) is 3.96. The second kappa shape index (κ2) is 8.35. The maximum absolute atomic E-state index is 13.0. The Kier molecular flexibility index (Phi) is 5.23. The molecule has 1 aliphatic carbocycles. The quantitative estimate of drug-likeness (QED) is 0.424. The minimum atomic E-state index is -0.170. The standard InChI is InChI=1S/C27H25N3O2/c1-18-7-11-23(28-26(31)20-8-9-20)16-24(18)29-27(32)22-10-12-25-21(15-22)13-14-30(25)17-19-5-3-2-4-6-19/h2-7,10-16,20H,8-9,17H2,1H3,(H,28,31)(H,29,32). The van der Waals surface area contributed by atoms with Crippen molar-refractivity contribution in [2.75, 3.05) is 10.6 Å². The second-order valence-corrected chi connectivity index (χ2v) is 8.45. The van der Waals surface area contributed by atoms with Crippen LogP contribution in [0.5, 0.6) is 0 Å². The zero-order valence-electron chi connectivity index (χ0n) is 18.0. The van der Waals surface area contributed by atoms with Crippen LogP contribution in [-0.4, -0.2) is 16.4 Å². The summed E-state index contributed by atoms with van der Waals surface area (Å²) in [5, 5.41) is 6.96. The summed E-state index contributed by atoms with van der Waals surface area (Å²) < 4.78 is 2.18. The molecule has 3 aromatic carbocycles. The van der Waals surface area contributed by atoms with E-state index in [0.29, 0.717) is 16.9 Å². The Morgan fingerprint density at radius 2 is 1.75 bits per heavy atom. The highest BCUT2D eigenvalue weighted by atomic mass is 16.2. The van der Waals surface area contributed by atoms with E-state index in [2.05, 4.69) is 33.5 Å². The van der Waals surface area contributed by atoms with Gasteiger partial charge in [-0.05, 0) is 67.3 Å². The van der Waals surface area contributed by atoms with Crippen LogP contribution in [0.1, 0.15) is 34.3 Å². The van der Waals surface area contributed by atoms with Crippen LogP contribution in [0.4, 0.5) is 11.4 Å². The molecular formula is C27H25N3O2. The molecule has 0 atom stereocenters. The molecule has 32 heavy (non-hydrogen) atoms. The van der Waals surface area contributed by atoms with Gasteiger partial charge in [-0.1, -0.05) is 36.4 Å². The van der Waals surface area contributed by atoms with E-state index < -0.39 is 0 Å². The van der Waals surface area contributed by atoms with E-state index in [4.69, 9.17) is 0 Å². The number of carbonyl (C=O) groups is 2. The summed E-state index contributed by atoms with van der Waals surface area (Å²) in [6, 6.07) is 23.7. The van der Waals surface area contributed by atoms with E-state index >= 15 is 0 Å². The van der Waals surface area contributed by atoms with Crippen molar-refractivity contribution in [2.24, 2.45) is 5.92 Å². The number of amides is 2. The van der Waals surface area contributed by atoms with Gasteiger partial charge >= 0.3 is 0 Å². The minimum absolute atomic E-state index is 0.0524. The lowest BCUT2D eigenvalue weighted by atomic mass is 10.1. The molecule has 0 saturated heterocycles.